The van der Waals surface area contributed by atoms with Crippen LogP contribution in [0.1, 0.15) is 60.7 Å². The third kappa shape index (κ3) is 8.09. The van der Waals surface area contributed by atoms with E-state index >= 15 is 0 Å². The fraction of sp³-hybridized carbons (Fsp3) is 0.300. The minimum Gasteiger partial charge on any atom is -0.494 e. The molecule has 0 unspecified atom stereocenters. The first-order valence-corrected chi connectivity index (χ1v) is 12.6. The monoisotopic (exact) mass is 518 g/mol. The first kappa shape index (κ1) is 28.2. The Labute approximate surface area is 223 Å². The van der Waals surface area contributed by atoms with Gasteiger partial charge in [-0.05, 0) is 91.9 Å². The number of esters is 1. The van der Waals surface area contributed by atoms with Crippen LogP contribution in [-0.2, 0) is 4.79 Å². The molecule has 3 aromatic rings. The van der Waals surface area contributed by atoms with Gasteiger partial charge < -0.3 is 18.9 Å². The number of amides is 1. The van der Waals surface area contributed by atoms with Gasteiger partial charge in [0.05, 0.1) is 25.0 Å². The molecule has 8 nitrogen and oxygen atoms in total. The Morgan fingerprint density at radius 1 is 0.868 bits per heavy atom. The van der Waals surface area contributed by atoms with E-state index in [-0.39, 0.29) is 18.3 Å². The number of carbonyl (C=O) groups excluding carboxylic acids is 2. The third-order valence-electron chi connectivity index (χ3n) is 5.51. The normalized spacial score (nSPS) is 10.9. The van der Waals surface area contributed by atoms with Gasteiger partial charge in [0.15, 0.2) is 18.1 Å². The molecule has 0 spiro atoms. The van der Waals surface area contributed by atoms with Crippen molar-refractivity contribution in [3.63, 3.8) is 0 Å². The van der Waals surface area contributed by atoms with Gasteiger partial charge in [-0.2, -0.15) is 5.10 Å². The molecule has 0 aliphatic rings. The van der Waals surface area contributed by atoms with Gasteiger partial charge in [-0.1, -0.05) is 26.0 Å². The van der Waals surface area contributed by atoms with Crippen LogP contribution in [0.4, 0.5) is 0 Å². The van der Waals surface area contributed by atoms with Crippen LogP contribution in [0, 0.1) is 6.92 Å². The van der Waals surface area contributed by atoms with Gasteiger partial charge >= 0.3 is 5.97 Å². The molecule has 0 saturated carbocycles. The standard InChI is InChI=1S/C30H34N2O6/c1-6-35-25-13-11-23(12-14-25)30(34)38-26-15-9-22(16-28(26)36-7-2)18-31-32-29(33)19-37-27-17-24(20(3)4)10-8-21(27)5/h8-18,20H,6-7,19H2,1-5H3,(H,32,33)/b31-18-. The van der Waals surface area contributed by atoms with E-state index in [1.807, 2.05) is 32.9 Å². The molecular weight excluding hydrogens is 484 g/mol. The molecule has 0 heterocycles. The number of nitrogens with one attached hydrogen (secondary N) is 1. The van der Waals surface area contributed by atoms with E-state index in [1.165, 1.54) is 6.21 Å². The van der Waals surface area contributed by atoms with E-state index in [9.17, 15) is 9.59 Å². The predicted molar refractivity (Wildman–Crippen MR) is 147 cm³/mol. The molecule has 1 amide bonds. The Balaban J connectivity index is 1.59. The molecule has 0 saturated heterocycles. The van der Waals surface area contributed by atoms with Crippen LogP contribution in [0.25, 0.3) is 0 Å². The Hall–Kier alpha value is -4.33. The van der Waals surface area contributed by atoms with Gasteiger partial charge in [0, 0.05) is 0 Å². The summed E-state index contributed by atoms with van der Waals surface area (Å²) in [7, 11) is 0. The quantitative estimate of drug-likeness (QED) is 0.144. The van der Waals surface area contributed by atoms with Gasteiger partial charge in [-0.3, -0.25) is 4.79 Å². The molecule has 3 aromatic carbocycles. The van der Waals surface area contributed by atoms with Crippen molar-refractivity contribution in [2.45, 2.75) is 40.5 Å². The Bertz CT molecular complexity index is 1270. The van der Waals surface area contributed by atoms with Crippen LogP contribution in [0.5, 0.6) is 23.0 Å². The zero-order valence-electron chi connectivity index (χ0n) is 22.4. The molecular formula is C30H34N2O6. The smallest absolute Gasteiger partial charge is 0.343 e. The largest absolute Gasteiger partial charge is 0.494 e. The number of carbonyl (C=O) groups is 2. The van der Waals surface area contributed by atoms with Crippen molar-refractivity contribution < 1.29 is 28.5 Å². The van der Waals surface area contributed by atoms with Crippen LogP contribution in [-0.4, -0.2) is 37.9 Å². The maximum atomic E-state index is 12.6. The number of ether oxygens (including phenoxy) is 4. The van der Waals surface area contributed by atoms with Crippen molar-refractivity contribution in [1.29, 1.82) is 0 Å². The summed E-state index contributed by atoms with van der Waals surface area (Å²) in [5.74, 6) is 1.47. The molecule has 8 heteroatoms. The van der Waals surface area contributed by atoms with E-state index in [2.05, 4.69) is 30.4 Å². The number of hydrogen-bond donors (Lipinski definition) is 1. The number of rotatable bonds is 12. The van der Waals surface area contributed by atoms with Gasteiger partial charge in [-0.15, -0.1) is 0 Å². The second kappa shape index (κ2) is 13.8. The molecule has 1 N–H and O–H groups in total. The maximum Gasteiger partial charge on any atom is 0.343 e. The molecule has 200 valence electrons. The highest BCUT2D eigenvalue weighted by atomic mass is 16.6. The molecule has 0 bridgehead atoms. The second-order valence-electron chi connectivity index (χ2n) is 8.75. The fourth-order valence-corrected chi connectivity index (χ4v) is 3.46. The lowest BCUT2D eigenvalue weighted by molar-refractivity contribution is -0.123. The van der Waals surface area contributed by atoms with Crippen LogP contribution in [0.3, 0.4) is 0 Å². The summed E-state index contributed by atoms with van der Waals surface area (Å²) < 4.78 is 22.3. The molecule has 3 rings (SSSR count). The Kier molecular flexibility index (Phi) is 10.3. The lowest BCUT2D eigenvalue weighted by Gasteiger charge is -2.12. The van der Waals surface area contributed by atoms with Crippen molar-refractivity contribution in [2.24, 2.45) is 5.10 Å². The number of benzene rings is 3. The van der Waals surface area contributed by atoms with Gasteiger partial charge in [-0.25, -0.2) is 10.2 Å². The number of hydrogen-bond acceptors (Lipinski definition) is 7. The highest BCUT2D eigenvalue weighted by Gasteiger charge is 2.14. The van der Waals surface area contributed by atoms with Gasteiger partial charge in [0.2, 0.25) is 0 Å². The van der Waals surface area contributed by atoms with Crippen LogP contribution in [0.15, 0.2) is 65.8 Å². The molecule has 0 atom stereocenters. The summed E-state index contributed by atoms with van der Waals surface area (Å²) in [5, 5.41) is 4.01. The summed E-state index contributed by atoms with van der Waals surface area (Å²) in [6.45, 7) is 10.6. The minimum absolute atomic E-state index is 0.162. The first-order chi connectivity index (χ1) is 18.3. The fourth-order valence-electron chi connectivity index (χ4n) is 3.46. The van der Waals surface area contributed by atoms with Crippen LogP contribution < -0.4 is 24.4 Å². The van der Waals surface area contributed by atoms with Crippen molar-refractivity contribution in [3.8, 4) is 23.0 Å². The third-order valence-corrected chi connectivity index (χ3v) is 5.51. The van der Waals surface area contributed by atoms with E-state index in [4.69, 9.17) is 18.9 Å². The molecule has 0 radical (unpaired) electrons. The molecule has 0 aliphatic heterocycles. The first-order valence-electron chi connectivity index (χ1n) is 12.6. The van der Waals surface area contributed by atoms with E-state index < -0.39 is 5.97 Å². The summed E-state index contributed by atoms with van der Waals surface area (Å²) in [4.78, 5) is 24.8. The van der Waals surface area contributed by atoms with Crippen molar-refractivity contribution in [2.75, 3.05) is 19.8 Å². The van der Waals surface area contributed by atoms with Crippen LogP contribution in [0.2, 0.25) is 0 Å². The zero-order valence-corrected chi connectivity index (χ0v) is 22.4. The number of nitrogens with zero attached hydrogens (tertiary/aromatic N) is 1. The summed E-state index contributed by atoms with van der Waals surface area (Å²) in [6, 6.07) is 17.7. The van der Waals surface area contributed by atoms with Crippen molar-refractivity contribution in [1.82, 2.24) is 5.43 Å². The lowest BCUT2D eigenvalue weighted by atomic mass is 10.0. The van der Waals surface area contributed by atoms with Gasteiger partial charge in [0.25, 0.3) is 5.91 Å². The SMILES string of the molecule is CCOc1ccc(C(=O)Oc2ccc(/C=N\NC(=O)COc3cc(C(C)C)ccc3C)cc2OCC)cc1. The van der Waals surface area contributed by atoms with Gasteiger partial charge in [0.1, 0.15) is 11.5 Å². The average Bonchev–Trinajstić information content (AvgIpc) is 2.90. The van der Waals surface area contributed by atoms with E-state index in [1.54, 1.807) is 42.5 Å². The Morgan fingerprint density at radius 3 is 2.29 bits per heavy atom. The average molecular weight is 519 g/mol. The topological polar surface area (TPSA) is 95.5 Å². The molecule has 0 aromatic heterocycles. The Morgan fingerprint density at radius 2 is 1.61 bits per heavy atom. The van der Waals surface area contributed by atoms with Crippen molar-refractivity contribution in [3.05, 3.63) is 82.9 Å². The highest BCUT2D eigenvalue weighted by molar-refractivity contribution is 5.92. The maximum absolute atomic E-state index is 12.6. The molecule has 0 aliphatic carbocycles. The number of hydrazone groups is 1. The molecule has 38 heavy (non-hydrogen) atoms. The minimum atomic E-state index is -0.517. The summed E-state index contributed by atoms with van der Waals surface area (Å²) in [5.41, 5.74) is 5.59. The zero-order chi connectivity index (χ0) is 27.5. The van der Waals surface area contributed by atoms with E-state index in [0.29, 0.717) is 47.5 Å². The highest BCUT2D eigenvalue weighted by Crippen LogP contribution is 2.29. The van der Waals surface area contributed by atoms with Crippen LogP contribution >= 0.6 is 0 Å². The lowest BCUT2D eigenvalue weighted by Crippen LogP contribution is -2.24. The second-order valence-corrected chi connectivity index (χ2v) is 8.75. The molecule has 0 fully saturated rings. The number of aryl methyl sites for hydroxylation is 1. The summed E-state index contributed by atoms with van der Waals surface area (Å²) in [6.07, 6.45) is 1.48. The predicted octanol–water partition coefficient (Wildman–Crippen LogP) is 5.66. The van der Waals surface area contributed by atoms with E-state index in [0.717, 1.165) is 11.1 Å². The van der Waals surface area contributed by atoms with Crippen molar-refractivity contribution >= 4 is 18.1 Å². The summed E-state index contributed by atoms with van der Waals surface area (Å²) >= 11 is 0.